The molecule has 33 heavy (non-hydrogen) atoms. The summed E-state index contributed by atoms with van der Waals surface area (Å²) in [7, 11) is -4.25. The van der Waals surface area contributed by atoms with Crippen LogP contribution in [0.4, 0.5) is 0 Å². The van der Waals surface area contributed by atoms with E-state index in [-0.39, 0.29) is 21.5 Å². The van der Waals surface area contributed by atoms with Crippen LogP contribution >= 0.6 is 0 Å². The molecule has 0 aliphatic carbocycles. The Morgan fingerprint density at radius 1 is 0.758 bits per heavy atom. The largest absolute Gasteiger partial charge is 0.457 e. The second kappa shape index (κ2) is 8.76. The fourth-order valence-electron chi connectivity index (χ4n) is 3.50. The summed E-state index contributed by atoms with van der Waals surface area (Å²) in [5.41, 5.74) is 3.10. The van der Waals surface area contributed by atoms with E-state index in [2.05, 4.69) is 53.7 Å². The van der Waals surface area contributed by atoms with Gasteiger partial charge in [0.05, 0.1) is 4.90 Å². The van der Waals surface area contributed by atoms with Gasteiger partial charge in [0, 0.05) is 11.1 Å². The van der Waals surface area contributed by atoms with Gasteiger partial charge in [-0.25, -0.2) is 0 Å². The minimum absolute atomic E-state index is 0.0462. The third-order valence-electron chi connectivity index (χ3n) is 5.41. The molecule has 0 saturated heterocycles. The Morgan fingerprint density at radius 2 is 1.27 bits per heavy atom. The number of carbonyl (C=O) groups excluding carboxylic acids is 1. The van der Waals surface area contributed by atoms with Crippen molar-refractivity contribution in [3.63, 3.8) is 0 Å². The van der Waals surface area contributed by atoms with E-state index in [1.54, 1.807) is 24.3 Å². The van der Waals surface area contributed by atoms with E-state index < -0.39 is 10.1 Å². The summed E-state index contributed by atoms with van der Waals surface area (Å²) in [5.74, 6) is 0.870. The Labute approximate surface area is 196 Å². The maximum atomic E-state index is 13.5. The normalized spacial score (nSPS) is 12.5. The van der Waals surface area contributed by atoms with Crippen molar-refractivity contribution in [3.8, 4) is 11.5 Å². The predicted octanol–water partition coefficient (Wildman–Crippen LogP) is 6.55. The van der Waals surface area contributed by atoms with E-state index in [9.17, 15) is 13.2 Å². The number of ether oxygens (including phenoxy) is 1. The monoisotopic (exact) mass is 466 g/mol. The Balaban J connectivity index is 1.88. The second-order valence-corrected chi connectivity index (χ2v) is 11.6. The SMILES string of the molecule is CC(C)(C)c1ccc(C(C)(C)C)c(C(=O)c2ccc(Oc3ccc(S(=O)(=O)O)cc3)cc2)c1. The van der Waals surface area contributed by atoms with Crippen LogP contribution in [0.25, 0.3) is 0 Å². The molecule has 0 aliphatic heterocycles. The maximum Gasteiger partial charge on any atom is 0.294 e. The Bertz CT molecular complexity index is 1260. The van der Waals surface area contributed by atoms with E-state index >= 15 is 0 Å². The summed E-state index contributed by atoms with van der Waals surface area (Å²) in [6.45, 7) is 12.7. The van der Waals surface area contributed by atoms with Crippen molar-refractivity contribution in [3.05, 3.63) is 89.0 Å². The maximum absolute atomic E-state index is 13.5. The Morgan fingerprint density at radius 3 is 1.73 bits per heavy atom. The summed E-state index contributed by atoms with van der Waals surface area (Å²) in [4.78, 5) is 13.3. The van der Waals surface area contributed by atoms with E-state index in [4.69, 9.17) is 9.29 Å². The van der Waals surface area contributed by atoms with Gasteiger partial charge >= 0.3 is 0 Å². The van der Waals surface area contributed by atoms with Crippen LogP contribution in [-0.4, -0.2) is 18.8 Å². The van der Waals surface area contributed by atoms with Gasteiger partial charge in [-0.1, -0.05) is 53.7 Å². The van der Waals surface area contributed by atoms with Crippen molar-refractivity contribution in [2.75, 3.05) is 0 Å². The van der Waals surface area contributed by atoms with Gasteiger partial charge in [-0.2, -0.15) is 8.42 Å². The van der Waals surface area contributed by atoms with Gasteiger partial charge < -0.3 is 4.74 Å². The molecule has 0 spiro atoms. The van der Waals surface area contributed by atoms with E-state index in [0.29, 0.717) is 22.6 Å². The topological polar surface area (TPSA) is 80.7 Å². The Kier molecular flexibility index (Phi) is 6.55. The minimum Gasteiger partial charge on any atom is -0.457 e. The van der Waals surface area contributed by atoms with Crippen molar-refractivity contribution >= 4 is 15.9 Å². The molecule has 3 aromatic rings. The molecule has 0 fully saturated rings. The minimum atomic E-state index is -4.25. The number of benzene rings is 3. The molecule has 0 amide bonds. The quantitative estimate of drug-likeness (QED) is 0.340. The molecule has 174 valence electrons. The molecule has 1 N–H and O–H groups in total. The number of ketones is 1. The zero-order chi connectivity index (χ0) is 24.6. The molecule has 5 nitrogen and oxygen atoms in total. The van der Waals surface area contributed by atoms with Crippen LogP contribution in [-0.2, 0) is 20.9 Å². The fraction of sp³-hybridized carbons (Fsp3) is 0.296. The molecule has 0 bridgehead atoms. The molecule has 0 aromatic heterocycles. The Hall–Kier alpha value is -2.96. The van der Waals surface area contributed by atoms with Gasteiger partial charge in [-0.3, -0.25) is 9.35 Å². The first-order chi connectivity index (χ1) is 15.2. The van der Waals surface area contributed by atoms with Gasteiger partial charge in [0.2, 0.25) is 0 Å². The highest BCUT2D eigenvalue weighted by molar-refractivity contribution is 7.85. The van der Waals surface area contributed by atoms with Crippen LogP contribution in [0.2, 0.25) is 0 Å². The van der Waals surface area contributed by atoms with Crippen molar-refractivity contribution < 1.29 is 22.5 Å². The van der Waals surface area contributed by atoms with E-state index in [0.717, 1.165) is 11.1 Å². The lowest BCUT2D eigenvalue weighted by atomic mass is 9.78. The molecular formula is C27H30O5S. The van der Waals surface area contributed by atoms with Gasteiger partial charge in [0.1, 0.15) is 11.5 Å². The average Bonchev–Trinajstić information content (AvgIpc) is 2.72. The molecule has 0 atom stereocenters. The second-order valence-electron chi connectivity index (χ2n) is 10.2. The standard InChI is InChI=1S/C27H30O5S/c1-26(2,3)19-9-16-24(27(4,5)6)23(17-19)25(28)18-7-10-20(11-8-18)32-21-12-14-22(15-13-21)33(29,30)31/h7-17H,1-6H3,(H,29,30,31). The highest BCUT2D eigenvalue weighted by Gasteiger charge is 2.25. The van der Waals surface area contributed by atoms with E-state index in [1.807, 2.05) is 6.07 Å². The summed E-state index contributed by atoms with van der Waals surface area (Å²) in [6.07, 6.45) is 0. The van der Waals surface area contributed by atoms with Gasteiger partial charge in [-0.15, -0.1) is 0 Å². The molecule has 0 heterocycles. The molecular weight excluding hydrogens is 436 g/mol. The van der Waals surface area contributed by atoms with Crippen LogP contribution in [0.5, 0.6) is 11.5 Å². The zero-order valence-corrected chi connectivity index (χ0v) is 20.7. The summed E-state index contributed by atoms with van der Waals surface area (Å²) in [5, 5.41) is 0. The van der Waals surface area contributed by atoms with Crippen LogP contribution < -0.4 is 4.74 Å². The summed E-state index contributed by atoms with van der Waals surface area (Å²) in [6, 6.07) is 18.4. The molecule has 6 heteroatoms. The van der Waals surface area contributed by atoms with Gasteiger partial charge in [0.15, 0.2) is 5.78 Å². The highest BCUT2D eigenvalue weighted by atomic mass is 32.2. The molecule has 0 radical (unpaired) electrons. The molecule has 0 unspecified atom stereocenters. The van der Waals surface area contributed by atoms with Crippen molar-refractivity contribution in [2.45, 2.75) is 57.3 Å². The first kappa shape index (κ1) is 24.7. The van der Waals surface area contributed by atoms with Crippen LogP contribution in [0, 0.1) is 0 Å². The smallest absolute Gasteiger partial charge is 0.294 e. The van der Waals surface area contributed by atoms with Crippen molar-refractivity contribution in [1.82, 2.24) is 0 Å². The third kappa shape index (κ3) is 5.89. The van der Waals surface area contributed by atoms with Gasteiger partial charge in [0.25, 0.3) is 10.1 Å². The lowest BCUT2D eigenvalue weighted by Crippen LogP contribution is -2.20. The van der Waals surface area contributed by atoms with Crippen LogP contribution in [0.15, 0.2) is 71.6 Å². The van der Waals surface area contributed by atoms with Crippen molar-refractivity contribution in [2.24, 2.45) is 0 Å². The van der Waals surface area contributed by atoms with E-state index in [1.165, 1.54) is 24.3 Å². The molecule has 0 aliphatic rings. The summed E-state index contributed by atoms with van der Waals surface area (Å²) >= 11 is 0. The molecule has 0 saturated carbocycles. The van der Waals surface area contributed by atoms with Gasteiger partial charge in [-0.05, 0) is 76.6 Å². The predicted molar refractivity (Wildman–Crippen MR) is 130 cm³/mol. The molecule has 3 aromatic carbocycles. The lowest BCUT2D eigenvalue weighted by molar-refractivity contribution is 0.103. The average molecular weight is 467 g/mol. The molecule has 3 rings (SSSR count). The first-order valence-corrected chi connectivity index (χ1v) is 12.2. The lowest BCUT2D eigenvalue weighted by Gasteiger charge is -2.26. The van der Waals surface area contributed by atoms with Crippen molar-refractivity contribution in [1.29, 1.82) is 0 Å². The zero-order valence-electron chi connectivity index (χ0n) is 19.8. The number of hydrogen-bond donors (Lipinski definition) is 1. The number of rotatable bonds is 5. The third-order valence-corrected chi connectivity index (χ3v) is 6.28. The fourth-order valence-corrected chi connectivity index (χ4v) is 3.98. The van der Waals surface area contributed by atoms with Crippen LogP contribution in [0.1, 0.15) is 68.6 Å². The number of carbonyl (C=O) groups is 1. The van der Waals surface area contributed by atoms with Crippen LogP contribution in [0.3, 0.4) is 0 Å². The highest BCUT2D eigenvalue weighted by Crippen LogP contribution is 2.32. The summed E-state index contributed by atoms with van der Waals surface area (Å²) < 4.78 is 37.1. The first-order valence-electron chi connectivity index (χ1n) is 10.7. The number of hydrogen-bond acceptors (Lipinski definition) is 4.